The van der Waals surface area contributed by atoms with Gasteiger partial charge in [0.25, 0.3) is 0 Å². The second-order valence-electron chi connectivity index (χ2n) is 6.85. The number of hydrogen-bond acceptors (Lipinski definition) is 3. The third-order valence-corrected chi connectivity index (χ3v) is 5.31. The molecule has 3 nitrogen and oxygen atoms in total. The van der Waals surface area contributed by atoms with Crippen molar-refractivity contribution in [2.75, 3.05) is 37.6 Å². The Morgan fingerprint density at radius 2 is 1.68 bits per heavy atom. The van der Waals surface area contributed by atoms with Crippen LogP contribution in [0.25, 0.3) is 0 Å². The van der Waals surface area contributed by atoms with Gasteiger partial charge in [-0.15, -0.1) is 0 Å². The number of nitrogens with zero attached hydrogens (tertiary/aromatic N) is 2. The Balaban J connectivity index is 1.41. The maximum atomic E-state index is 13.8. The van der Waals surface area contributed by atoms with Gasteiger partial charge in [-0.25, -0.2) is 4.39 Å². The molecule has 1 saturated heterocycles. The van der Waals surface area contributed by atoms with E-state index in [1.165, 1.54) is 38.6 Å². The lowest BCUT2D eigenvalue weighted by molar-refractivity contribution is 0.216. The molecule has 1 aliphatic carbocycles. The molecule has 2 N–H and O–H groups in total. The van der Waals surface area contributed by atoms with Crippen LogP contribution in [0.3, 0.4) is 0 Å². The average molecular weight is 305 g/mol. The maximum Gasteiger partial charge on any atom is 0.146 e. The standard InChI is InChI=1S/C18H28FN3/c19-17-3-1-2-4-18(17)22-13-11-21(12-14-22)10-9-15-5-7-16(20)8-6-15/h1-4,15-16H,5-14,20H2. The minimum absolute atomic E-state index is 0.102. The Kier molecular flexibility index (Phi) is 5.32. The highest BCUT2D eigenvalue weighted by Crippen LogP contribution is 2.26. The van der Waals surface area contributed by atoms with Gasteiger partial charge in [0.1, 0.15) is 5.82 Å². The quantitative estimate of drug-likeness (QED) is 0.928. The summed E-state index contributed by atoms with van der Waals surface area (Å²) in [5.74, 6) is 0.763. The van der Waals surface area contributed by atoms with Gasteiger partial charge in [-0.3, -0.25) is 4.90 Å². The number of halogens is 1. The van der Waals surface area contributed by atoms with E-state index in [2.05, 4.69) is 9.80 Å². The molecular weight excluding hydrogens is 277 g/mol. The van der Waals surface area contributed by atoms with Crippen molar-refractivity contribution in [3.63, 3.8) is 0 Å². The van der Waals surface area contributed by atoms with Crippen LogP contribution in [-0.4, -0.2) is 43.7 Å². The molecule has 1 heterocycles. The molecule has 22 heavy (non-hydrogen) atoms. The van der Waals surface area contributed by atoms with Gasteiger partial charge < -0.3 is 10.6 Å². The first kappa shape index (κ1) is 15.8. The minimum atomic E-state index is -0.102. The average Bonchev–Trinajstić information content (AvgIpc) is 2.55. The summed E-state index contributed by atoms with van der Waals surface area (Å²) in [7, 11) is 0. The lowest BCUT2D eigenvalue weighted by atomic mass is 9.84. The van der Waals surface area contributed by atoms with Crippen LogP contribution in [0, 0.1) is 11.7 Å². The molecule has 0 aromatic heterocycles. The molecule has 1 aromatic rings. The zero-order chi connectivity index (χ0) is 15.4. The molecule has 0 bridgehead atoms. The van der Waals surface area contributed by atoms with E-state index in [1.54, 1.807) is 12.1 Å². The van der Waals surface area contributed by atoms with Crippen molar-refractivity contribution in [1.82, 2.24) is 4.90 Å². The maximum absolute atomic E-state index is 13.8. The summed E-state index contributed by atoms with van der Waals surface area (Å²) < 4.78 is 13.8. The summed E-state index contributed by atoms with van der Waals surface area (Å²) >= 11 is 0. The second kappa shape index (κ2) is 7.42. The summed E-state index contributed by atoms with van der Waals surface area (Å²) in [6.07, 6.45) is 6.30. The topological polar surface area (TPSA) is 32.5 Å². The first-order chi connectivity index (χ1) is 10.7. The van der Waals surface area contributed by atoms with Crippen molar-refractivity contribution in [3.05, 3.63) is 30.1 Å². The molecular formula is C18H28FN3. The van der Waals surface area contributed by atoms with Gasteiger partial charge in [0.05, 0.1) is 5.69 Å². The van der Waals surface area contributed by atoms with Gasteiger partial charge >= 0.3 is 0 Å². The van der Waals surface area contributed by atoms with Crippen LogP contribution in [-0.2, 0) is 0 Å². The zero-order valence-corrected chi connectivity index (χ0v) is 13.4. The van der Waals surface area contributed by atoms with Crippen LogP contribution in [0.1, 0.15) is 32.1 Å². The predicted octanol–water partition coefficient (Wildman–Crippen LogP) is 2.86. The summed E-state index contributed by atoms with van der Waals surface area (Å²) in [5, 5.41) is 0. The van der Waals surface area contributed by atoms with Crippen molar-refractivity contribution in [3.8, 4) is 0 Å². The first-order valence-electron chi connectivity index (χ1n) is 8.70. The normalized spacial score (nSPS) is 27.1. The Hall–Kier alpha value is -1.13. The zero-order valence-electron chi connectivity index (χ0n) is 13.4. The van der Waals surface area contributed by atoms with Crippen LogP contribution < -0.4 is 10.6 Å². The molecule has 1 aliphatic heterocycles. The summed E-state index contributed by atoms with van der Waals surface area (Å²) in [5.41, 5.74) is 6.73. The predicted molar refractivity (Wildman–Crippen MR) is 89.6 cm³/mol. The molecule has 0 radical (unpaired) electrons. The van der Waals surface area contributed by atoms with Crippen LogP contribution in [0.4, 0.5) is 10.1 Å². The number of piperazine rings is 1. The number of nitrogens with two attached hydrogens (primary N) is 1. The fourth-order valence-corrected chi connectivity index (χ4v) is 3.76. The Bertz CT molecular complexity index is 463. The highest BCUT2D eigenvalue weighted by atomic mass is 19.1. The Morgan fingerprint density at radius 1 is 1.00 bits per heavy atom. The van der Waals surface area contributed by atoms with Crippen molar-refractivity contribution in [2.45, 2.75) is 38.1 Å². The van der Waals surface area contributed by atoms with E-state index in [0.29, 0.717) is 6.04 Å². The fourth-order valence-electron chi connectivity index (χ4n) is 3.76. The smallest absolute Gasteiger partial charge is 0.146 e. The molecule has 0 unspecified atom stereocenters. The van der Waals surface area contributed by atoms with E-state index in [-0.39, 0.29) is 5.82 Å². The lowest BCUT2D eigenvalue weighted by Crippen LogP contribution is -2.47. The number of rotatable bonds is 4. The van der Waals surface area contributed by atoms with E-state index in [4.69, 9.17) is 5.73 Å². The van der Waals surface area contributed by atoms with Gasteiger partial charge in [0.2, 0.25) is 0 Å². The molecule has 0 amide bonds. The molecule has 4 heteroatoms. The van der Waals surface area contributed by atoms with Gasteiger partial charge in [-0.05, 0) is 56.7 Å². The third-order valence-electron chi connectivity index (χ3n) is 5.31. The minimum Gasteiger partial charge on any atom is -0.367 e. The summed E-state index contributed by atoms with van der Waals surface area (Å²) in [6.45, 7) is 5.12. The highest BCUT2D eigenvalue weighted by molar-refractivity contribution is 5.47. The molecule has 0 atom stereocenters. The van der Waals surface area contributed by atoms with Crippen molar-refractivity contribution >= 4 is 5.69 Å². The van der Waals surface area contributed by atoms with E-state index in [0.717, 1.165) is 37.8 Å². The number of hydrogen-bond donors (Lipinski definition) is 1. The van der Waals surface area contributed by atoms with Crippen LogP contribution in [0.2, 0.25) is 0 Å². The molecule has 0 spiro atoms. The molecule has 1 aromatic carbocycles. The number of benzene rings is 1. The van der Waals surface area contributed by atoms with Crippen molar-refractivity contribution in [1.29, 1.82) is 0 Å². The monoisotopic (exact) mass is 305 g/mol. The lowest BCUT2D eigenvalue weighted by Gasteiger charge is -2.37. The van der Waals surface area contributed by atoms with Gasteiger partial charge in [-0.2, -0.15) is 0 Å². The molecule has 122 valence electrons. The number of para-hydroxylation sites is 1. The Morgan fingerprint density at radius 3 is 2.36 bits per heavy atom. The SMILES string of the molecule is NC1CCC(CCN2CCN(c3ccccc3F)CC2)CC1. The number of anilines is 1. The van der Waals surface area contributed by atoms with Crippen LogP contribution >= 0.6 is 0 Å². The third kappa shape index (κ3) is 3.99. The van der Waals surface area contributed by atoms with E-state index >= 15 is 0 Å². The molecule has 1 saturated carbocycles. The summed E-state index contributed by atoms with van der Waals surface area (Å²) in [6, 6.07) is 7.55. The van der Waals surface area contributed by atoms with Crippen LogP contribution in [0.5, 0.6) is 0 Å². The van der Waals surface area contributed by atoms with Gasteiger partial charge in [-0.1, -0.05) is 12.1 Å². The molecule has 3 rings (SSSR count). The summed E-state index contributed by atoms with van der Waals surface area (Å²) in [4.78, 5) is 4.71. The van der Waals surface area contributed by atoms with Gasteiger partial charge in [0.15, 0.2) is 0 Å². The molecule has 2 fully saturated rings. The molecule has 2 aliphatic rings. The Labute approximate surface area is 133 Å². The van der Waals surface area contributed by atoms with E-state index in [1.807, 2.05) is 12.1 Å². The van der Waals surface area contributed by atoms with Crippen molar-refractivity contribution in [2.24, 2.45) is 11.7 Å². The van der Waals surface area contributed by atoms with Gasteiger partial charge in [0, 0.05) is 32.2 Å². The fraction of sp³-hybridized carbons (Fsp3) is 0.667. The van der Waals surface area contributed by atoms with Crippen LogP contribution in [0.15, 0.2) is 24.3 Å². The highest BCUT2D eigenvalue weighted by Gasteiger charge is 2.22. The largest absolute Gasteiger partial charge is 0.367 e. The second-order valence-corrected chi connectivity index (χ2v) is 6.85. The van der Waals surface area contributed by atoms with Crippen molar-refractivity contribution < 1.29 is 4.39 Å². The van der Waals surface area contributed by atoms with E-state index in [9.17, 15) is 4.39 Å². The first-order valence-corrected chi connectivity index (χ1v) is 8.70. The van der Waals surface area contributed by atoms with E-state index < -0.39 is 0 Å².